The molecule has 0 heterocycles. The zero-order valence-corrected chi connectivity index (χ0v) is 4.77. The lowest BCUT2D eigenvalue weighted by atomic mass is 10.2. The highest BCUT2D eigenvalue weighted by atomic mass is 16.6. The van der Waals surface area contributed by atoms with E-state index in [1.54, 1.807) is 6.92 Å². The van der Waals surface area contributed by atoms with Crippen LogP contribution in [0, 0.1) is 0 Å². The van der Waals surface area contributed by atoms with Crippen molar-refractivity contribution in [2.45, 2.75) is 26.0 Å². The van der Waals surface area contributed by atoms with Crippen molar-refractivity contribution in [3.05, 3.63) is 0 Å². The lowest BCUT2D eigenvalue weighted by Gasteiger charge is -2.18. The molecule has 0 aromatic rings. The summed E-state index contributed by atoms with van der Waals surface area (Å²) in [6.45, 7) is 3.64. The van der Waals surface area contributed by atoms with Gasteiger partial charge in [-0.2, -0.15) is 0 Å². The molecule has 0 rings (SSSR count). The summed E-state index contributed by atoms with van der Waals surface area (Å²) in [6.07, 6.45) is 0.726. The highest BCUT2D eigenvalue weighted by molar-refractivity contribution is 4.59. The molecule has 0 amide bonds. The van der Waals surface area contributed by atoms with E-state index in [1.807, 2.05) is 6.92 Å². The first-order valence-electron chi connectivity index (χ1n) is 2.29. The van der Waals surface area contributed by atoms with Crippen LogP contribution in [-0.4, -0.2) is 5.72 Å². The van der Waals surface area contributed by atoms with Gasteiger partial charge in [0.1, 0.15) is 5.72 Å². The molecule has 3 heteroatoms. The van der Waals surface area contributed by atoms with Crippen molar-refractivity contribution in [2.75, 3.05) is 0 Å². The monoisotopic (exact) mass is 104 g/mol. The lowest BCUT2D eigenvalue weighted by molar-refractivity contribution is -0.0316. The molecule has 0 saturated heterocycles. The van der Waals surface area contributed by atoms with E-state index in [1.165, 1.54) is 0 Å². The fourth-order valence-corrected chi connectivity index (χ4v) is 0.0833. The van der Waals surface area contributed by atoms with Crippen molar-refractivity contribution in [3.63, 3.8) is 0 Å². The minimum absolute atomic E-state index is 0.639. The molecule has 0 saturated carbocycles. The maximum Gasteiger partial charge on any atom is 0.134 e. The summed E-state index contributed by atoms with van der Waals surface area (Å²) in [4.78, 5) is 4.36. The zero-order chi connectivity index (χ0) is 5.91. The van der Waals surface area contributed by atoms with Crippen molar-refractivity contribution in [2.24, 2.45) is 11.6 Å². The standard InChI is InChI=1S/C4H12N2O/c1-3-4(2,5)7-6/h3,5-6H2,1-2H3. The van der Waals surface area contributed by atoms with E-state index in [0.29, 0.717) is 0 Å². The molecule has 0 aromatic heterocycles. The second-order valence-corrected chi connectivity index (χ2v) is 1.78. The highest BCUT2D eigenvalue weighted by Crippen LogP contribution is 2.00. The van der Waals surface area contributed by atoms with Crippen LogP contribution in [0.3, 0.4) is 0 Å². The average Bonchev–Trinajstić information content (AvgIpc) is 1.68. The summed E-state index contributed by atoms with van der Waals surface area (Å²) < 4.78 is 0. The van der Waals surface area contributed by atoms with Crippen LogP contribution in [-0.2, 0) is 4.84 Å². The van der Waals surface area contributed by atoms with Crippen LogP contribution < -0.4 is 11.6 Å². The number of nitrogens with two attached hydrogens (primary N) is 2. The Morgan fingerprint density at radius 3 is 2.14 bits per heavy atom. The highest BCUT2D eigenvalue weighted by Gasteiger charge is 2.12. The van der Waals surface area contributed by atoms with Gasteiger partial charge in [0, 0.05) is 0 Å². The maximum absolute atomic E-state index is 5.37. The lowest BCUT2D eigenvalue weighted by Crippen LogP contribution is -2.40. The predicted octanol–water partition coefficient (Wildman–Crippen LogP) is -0.0384. The molecule has 1 atom stereocenters. The van der Waals surface area contributed by atoms with Crippen LogP contribution in [0.5, 0.6) is 0 Å². The van der Waals surface area contributed by atoms with Crippen LogP contribution in [0.25, 0.3) is 0 Å². The fourth-order valence-electron chi connectivity index (χ4n) is 0.0833. The topological polar surface area (TPSA) is 61.3 Å². The van der Waals surface area contributed by atoms with E-state index >= 15 is 0 Å². The number of rotatable bonds is 2. The molecule has 0 aromatic carbocycles. The third-order valence-electron chi connectivity index (χ3n) is 0.971. The molecule has 0 radical (unpaired) electrons. The Morgan fingerprint density at radius 1 is 1.71 bits per heavy atom. The Labute approximate surface area is 43.6 Å². The minimum Gasteiger partial charge on any atom is -0.302 e. The van der Waals surface area contributed by atoms with Gasteiger partial charge < -0.3 is 5.73 Å². The van der Waals surface area contributed by atoms with Crippen LogP contribution >= 0.6 is 0 Å². The van der Waals surface area contributed by atoms with Gasteiger partial charge in [-0.3, -0.25) is 4.84 Å². The van der Waals surface area contributed by atoms with Gasteiger partial charge in [0.25, 0.3) is 0 Å². The third kappa shape index (κ3) is 2.56. The van der Waals surface area contributed by atoms with Gasteiger partial charge in [-0.15, -0.1) is 0 Å². The molecule has 7 heavy (non-hydrogen) atoms. The molecule has 0 aliphatic carbocycles. The van der Waals surface area contributed by atoms with Gasteiger partial charge in [-0.1, -0.05) is 6.92 Å². The molecule has 0 fully saturated rings. The van der Waals surface area contributed by atoms with Crippen molar-refractivity contribution in [1.29, 1.82) is 0 Å². The van der Waals surface area contributed by atoms with Crippen molar-refractivity contribution in [1.82, 2.24) is 0 Å². The Morgan fingerprint density at radius 2 is 2.14 bits per heavy atom. The minimum atomic E-state index is -0.639. The van der Waals surface area contributed by atoms with Gasteiger partial charge in [0.05, 0.1) is 0 Å². The predicted molar refractivity (Wildman–Crippen MR) is 28.2 cm³/mol. The Balaban J connectivity index is 3.36. The first-order valence-corrected chi connectivity index (χ1v) is 2.29. The van der Waals surface area contributed by atoms with Crippen LogP contribution in [0.4, 0.5) is 0 Å². The molecule has 44 valence electrons. The summed E-state index contributed by atoms with van der Waals surface area (Å²) in [5, 5.41) is 0. The van der Waals surface area contributed by atoms with Gasteiger partial charge in [-0.25, -0.2) is 5.90 Å². The van der Waals surface area contributed by atoms with E-state index in [-0.39, 0.29) is 0 Å². The number of hydrogen-bond acceptors (Lipinski definition) is 3. The Kier molecular flexibility index (Phi) is 2.22. The Hall–Kier alpha value is -0.120. The SMILES string of the molecule is CCC(C)(N)ON. The third-order valence-corrected chi connectivity index (χ3v) is 0.971. The van der Waals surface area contributed by atoms with Gasteiger partial charge >= 0.3 is 0 Å². The smallest absolute Gasteiger partial charge is 0.134 e. The van der Waals surface area contributed by atoms with Gasteiger partial charge in [0.2, 0.25) is 0 Å². The second-order valence-electron chi connectivity index (χ2n) is 1.78. The fraction of sp³-hybridized carbons (Fsp3) is 1.00. The molecule has 3 nitrogen and oxygen atoms in total. The first kappa shape index (κ1) is 6.88. The molecular formula is C4H12N2O. The molecular weight excluding hydrogens is 92.1 g/mol. The van der Waals surface area contributed by atoms with E-state index in [2.05, 4.69) is 4.84 Å². The van der Waals surface area contributed by atoms with E-state index < -0.39 is 5.72 Å². The molecule has 4 N–H and O–H groups in total. The van der Waals surface area contributed by atoms with Gasteiger partial charge in [0.15, 0.2) is 0 Å². The van der Waals surface area contributed by atoms with Crippen molar-refractivity contribution >= 4 is 0 Å². The largest absolute Gasteiger partial charge is 0.302 e. The van der Waals surface area contributed by atoms with Gasteiger partial charge in [-0.05, 0) is 13.3 Å². The summed E-state index contributed by atoms with van der Waals surface area (Å²) in [6, 6.07) is 0. The quantitative estimate of drug-likeness (QED) is 0.382. The summed E-state index contributed by atoms with van der Waals surface area (Å²) in [5.41, 5.74) is 4.73. The van der Waals surface area contributed by atoms with Crippen LogP contribution in [0.15, 0.2) is 0 Å². The van der Waals surface area contributed by atoms with Crippen LogP contribution in [0.2, 0.25) is 0 Å². The normalized spacial score (nSPS) is 18.9. The first-order chi connectivity index (χ1) is 3.12. The molecule has 1 unspecified atom stereocenters. The maximum atomic E-state index is 5.37. The van der Waals surface area contributed by atoms with E-state index in [0.717, 1.165) is 6.42 Å². The average molecular weight is 104 g/mol. The molecule has 0 spiro atoms. The molecule has 0 aliphatic rings. The van der Waals surface area contributed by atoms with E-state index in [4.69, 9.17) is 11.6 Å². The van der Waals surface area contributed by atoms with Crippen molar-refractivity contribution in [3.8, 4) is 0 Å². The second kappa shape index (κ2) is 2.26. The number of hydrogen-bond donors (Lipinski definition) is 2. The summed E-state index contributed by atoms with van der Waals surface area (Å²) in [5.74, 6) is 4.79. The molecule has 0 aliphatic heterocycles. The molecule has 0 bridgehead atoms. The van der Waals surface area contributed by atoms with Crippen LogP contribution in [0.1, 0.15) is 20.3 Å². The van der Waals surface area contributed by atoms with Crippen molar-refractivity contribution < 1.29 is 4.84 Å². The summed E-state index contributed by atoms with van der Waals surface area (Å²) in [7, 11) is 0. The summed E-state index contributed by atoms with van der Waals surface area (Å²) >= 11 is 0. The Bertz CT molecular complexity index is 47.7. The van der Waals surface area contributed by atoms with E-state index in [9.17, 15) is 0 Å². The zero-order valence-electron chi connectivity index (χ0n) is 4.77.